The molecule has 0 atom stereocenters. The minimum absolute atomic E-state index is 0.444. The van der Waals surface area contributed by atoms with Crippen molar-refractivity contribution in [3.8, 4) is 11.3 Å². The number of hydrogen-bond acceptors (Lipinski definition) is 1. The molecule has 0 fully saturated rings. The molecule has 3 aliphatic rings. The number of nitrogens with two attached hydrogens (primary N) is 1. The van der Waals surface area contributed by atoms with E-state index >= 15 is 0 Å². The number of fused-ring (bicyclic) bond motifs is 1. The number of hydrogen-bond donors (Lipinski definition) is 2. The van der Waals surface area contributed by atoms with Crippen molar-refractivity contribution in [2.75, 3.05) is 0 Å². The number of amides is 1. The van der Waals surface area contributed by atoms with E-state index in [1.807, 2.05) is 36.4 Å². The standard InChI is InChI=1S/C11H9N3O/c12-11(15)14-9-6-7-4-2-1-3-5-8(7)13-10(9)14/h1-6,13H,(H2,12,15). The van der Waals surface area contributed by atoms with E-state index in [0.717, 1.165) is 22.1 Å². The Morgan fingerprint density at radius 1 is 1.27 bits per heavy atom. The molecule has 0 saturated heterocycles. The normalized spacial score (nSPS) is 11.2. The third-order valence-electron chi connectivity index (χ3n) is 2.49. The van der Waals surface area contributed by atoms with Crippen molar-refractivity contribution in [3.05, 3.63) is 47.2 Å². The molecule has 0 unspecified atom stereocenters. The van der Waals surface area contributed by atoms with Crippen molar-refractivity contribution in [2.24, 2.45) is 5.73 Å². The smallest absolute Gasteiger partial charge is 0.325 e. The minimum atomic E-state index is -0.444. The molecule has 4 heteroatoms. The van der Waals surface area contributed by atoms with Crippen LogP contribution in [-0.2, 0) is 0 Å². The fraction of sp³-hybridized carbons (Fsp3) is 0. The lowest BCUT2D eigenvalue weighted by molar-refractivity contribution is 0.251. The van der Waals surface area contributed by atoms with Crippen LogP contribution in [0.15, 0.2) is 36.4 Å². The first-order valence-corrected chi connectivity index (χ1v) is 4.65. The zero-order chi connectivity index (χ0) is 10.4. The lowest BCUT2D eigenvalue weighted by Gasteiger charge is -1.94. The van der Waals surface area contributed by atoms with Gasteiger partial charge in [0.1, 0.15) is 5.48 Å². The number of aromatic amines is 1. The fourth-order valence-electron chi connectivity index (χ4n) is 1.74. The molecule has 15 heavy (non-hydrogen) atoms. The van der Waals surface area contributed by atoms with Gasteiger partial charge in [-0.1, -0.05) is 24.3 Å². The Kier molecular flexibility index (Phi) is 1.42. The summed E-state index contributed by atoms with van der Waals surface area (Å²) in [6.07, 6.45) is 0. The van der Waals surface area contributed by atoms with Crippen molar-refractivity contribution in [1.82, 2.24) is 9.55 Å². The number of H-pyrrole nitrogens is 1. The number of carbonyl (C=O) groups is 1. The second kappa shape index (κ2) is 2.63. The Labute approximate surface area is 85.3 Å². The van der Waals surface area contributed by atoms with Crippen LogP contribution in [0.25, 0.3) is 11.3 Å². The van der Waals surface area contributed by atoms with Gasteiger partial charge < -0.3 is 10.7 Å². The Bertz CT molecular complexity index is 616. The Morgan fingerprint density at radius 3 is 2.87 bits per heavy atom. The summed E-state index contributed by atoms with van der Waals surface area (Å²) < 4.78 is 1.46. The van der Waals surface area contributed by atoms with Gasteiger partial charge in [-0.3, -0.25) is 0 Å². The quantitative estimate of drug-likeness (QED) is 0.567. The highest BCUT2D eigenvalue weighted by atomic mass is 16.2. The Morgan fingerprint density at radius 2 is 2.07 bits per heavy atom. The summed E-state index contributed by atoms with van der Waals surface area (Å²) >= 11 is 0. The number of primary amides is 1. The van der Waals surface area contributed by atoms with Gasteiger partial charge in [0, 0.05) is 11.3 Å². The maximum Gasteiger partial charge on any atom is 0.325 e. The van der Waals surface area contributed by atoms with Crippen LogP contribution in [0, 0.1) is 10.8 Å². The van der Waals surface area contributed by atoms with Gasteiger partial charge in [0.25, 0.3) is 0 Å². The number of nitrogens with zero attached hydrogens (tertiary/aromatic N) is 1. The molecule has 0 aromatic carbocycles. The van der Waals surface area contributed by atoms with Crippen LogP contribution in [0.3, 0.4) is 0 Å². The zero-order valence-electron chi connectivity index (χ0n) is 7.90. The van der Waals surface area contributed by atoms with Crippen molar-refractivity contribution in [3.63, 3.8) is 0 Å². The first-order chi connectivity index (χ1) is 7.27. The van der Waals surface area contributed by atoms with E-state index in [2.05, 4.69) is 4.98 Å². The number of nitrogens with one attached hydrogen (secondary N) is 1. The summed E-state index contributed by atoms with van der Waals surface area (Å²) in [6.45, 7) is 0. The summed E-state index contributed by atoms with van der Waals surface area (Å²) in [5.74, 6) is 0. The first-order valence-electron chi connectivity index (χ1n) is 4.65. The van der Waals surface area contributed by atoms with E-state index < -0.39 is 6.03 Å². The summed E-state index contributed by atoms with van der Waals surface area (Å²) in [7, 11) is 0. The molecule has 0 spiro atoms. The maximum atomic E-state index is 11.0. The molecular formula is C11H9N3O. The van der Waals surface area contributed by atoms with Gasteiger partial charge in [-0.05, 0) is 12.1 Å². The summed E-state index contributed by atoms with van der Waals surface area (Å²) in [6, 6.07) is 11.3. The molecule has 4 nitrogen and oxygen atoms in total. The molecular weight excluding hydrogens is 190 g/mol. The first kappa shape index (κ1) is 8.11. The molecule has 0 saturated carbocycles. The van der Waals surface area contributed by atoms with Crippen LogP contribution in [0.4, 0.5) is 4.79 Å². The number of aromatic nitrogens is 2. The lowest BCUT2D eigenvalue weighted by Crippen LogP contribution is -2.14. The summed E-state index contributed by atoms with van der Waals surface area (Å²) in [4.78, 5) is 14.1. The topological polar surface area (TPSA) is 63.8 Å². The highest BCUT2D eigenvalue weighted by Crippen LogP contribution is 2.20. The summed E-state index contributed by atoms with van der Waals surface area (Å²) in [5, 5.41) is 0.862. The van der Waals surface area contributed by atoms with E-state index in [0.29, 0.717) is 0 Å². The molecule has 0 aromatic rings. The number of carbonyl (C=O) groups excluding carboxylic acids is 1. The van der Waals surface area contributed by atoms with Crippen LogP contribution >= 0.6 is 0 Å². The van der Waals surface area contributed by atoms with Gasteiger partial charge in [-0.15, -0.1) is 0 Å². The van der Waals surface area contributed by atoms with Gasteiger partial charge in [0.15, 0.2) is 0 Å². The third kappa shape index (κ3) is 1.11. The predicted molar refractivity (Wildman–Crippen MR) is 55.7 cm³/mol. The SMILES string of the molecule is NC(=O)n1c2cc3cccccc-3[nH]c1=2. The highest BCUT2D eigenvalue weighted by Gasteiger charge is 2.15. The molecule has 2 aliphatic heterocycles. The van der Waals surface area contributed by atoms with Crippen LogP contribution in [0.1, 0.15) is 0 Å². The Balaban J connectivity index is 2.35. The van der Waals surface area contributed by atoms with Crippen LogP contribution in [0.5, 0.6) is 0 Å². The lowest BCUT2D eigenvalue weighted by atomic mass is 10.2. The van der Waals surface area contributed by atoms with E-state index in [4.69, 9.17) is 5.73 Å². The monoisotopic (exact) mass is 199 g/mol. The van der Waals surface area contributed by atoms with Crippen molar-refractivity contribution in [2.45, 2.75) is 0 Å². The van der Waals surface area contributed by atoms with Gasteiger partial charge >= 0.3 is 6.03 Å². The highest BCUT2D eigenvalue weighted by molar-refractivity contribution is 5.77. The molecule has 3 N–H and O–H groups in total. The average molecular weight is 199 g/mol. The molecule has 1 amide bonds. The van der Waals surface area contributed by atoms with Gasteiger partial charge in [-0.25, -0.2) is 9.36 Å². The van der Waals surface area contributed by atoms with Crippen molar-refractivity contribution >= 4 is 6.03 Å². The zero-order valence-corrected chi connectivity index (χ0v) is 7.90. The van der Waals surface area contributed by atoms with Gasteiger partial charge in [0.2, 0.25) is 0 Å². The van der Waals surface area contributed by atoms with E-state index in [9.17, 15) is 4.79 Å². The summed E-state index contributed by atoms with van der Waals surface area (Å²) in [5.41, 5.74) is 8.04. The van der Waals surface area contributed by atoms with E-state index in [-0.39, 0.29) is 0 Å². The van der Waals surface area contributed by atoms with Gasteiger partial charge in [-0.2, -0.15) is 0 Å². The fourth-order valence-corrected chi connectivity index (χ4v) is 1.74. The average Bonchev–Trinajstić information content (AvgIpc) is 2.91. The molecule has 1 aliphatic carbocycles. The van der Waals surface area contributed by atoms with Crippen molar-refractivity contribution < 1.29 is 4.79 Å². The van der Waals surface area contributed by atoms with E-state index in [1.54, 1.807) is 0 Å². The largest absolute Gasteiger partial charge is 0.351 e. The molecule has 0 bridgehead atoms. The van der Waals surface area contributed by atoms with Gasteiger partial charge in [0.05, 0.1) is 5.35 Å². The molecule has 0 aromatic heterocycles. The van der Waals surface area contributed by atoms with Crippen molar-refractivity contribution in [1.29, 1.82) is 0 Å². The van der Waals surface area contributed by atoms with Crippen LogP contribution < -0.4 is 5.73 Å². The molecule has 0 radical (unpaired) electrons. The van der Waals surface area contributed by atoms with E-state index in [1.165, 1.54) is 4.57 Å². The molecule has 74 valence electrons. The predicted octanol–water partition coefficient (Wildman–Crippen LogP) is 1.57. The van der Waals surface area contributed by atoms with Crippen LogP contribution in [-0.4, -0.2) is 15.6 Å². The Hall–Kier alpha value is -2.23. The third-order valence-corrected chi connectivity index (χ3v) is 2.49. The number of rotatable bonds is 0. The molecule has 2 heterocycles. The van der Waals surface area contributed by atoms with Crippen LogP contribution in [0.2, 0.25) is 0 Å². The second-order valence-electron chi connectivity index (χ2n) is 3.46. The molecule has 3 rings (SSSR count). The second-order valence-corrected chi connectivity index (χ2v) is 3.46. The maximum absolute atomic E-state index is 11.0. The minimum Gasteiger partial charge on any atom is -0.351 e.